The van der Waals surface area contributed by atoms with Gasteiger partial charge in [-0.3, -0.25) is 0 Å². The van der Waals surface area contributed by atoms with Crippen LogP contribution >= 0.6 is 0 Å². The van der Waals surface area contributed by atoms with Gasteiger partial charge >= 0.3 is 0 Å². The Morgan fingerprint density at radius 1 is 1.69 bits per heavy atom. The molecule has 1 aliphatic heterocycles. The van der Waals surface area contributed by atoms with Gasteiger partial charge in [0.15, 0.2) is 6.29 Å². The Bertz CT molecular complexity index is 208. The van der Waals surface area contributed by atoms with Crippen molar-refractivity contribution in [1.82, 2.24) is 0 Å². The zero-order valence-electron chi connectivity index (χ0n) is 8.70. The first-order valence-electron chi connectivity index (χ1n) is 4.52. The third-order valence-electron chi connectivity index (χ3n) is 2.46. The molecule has 1 N–H and O–H groups in total. The molecule has 0 amide bonds. The lowest BCUT2D eigenvalue weighted by molar-refractivity contribution is 0.0396. The van der Waals surface area contributed by atoms with E-state index in [9.17, 15) is 5.11 Å². The van der Waals surface area contributed by atoms with Crippen molar-refractivity contribution in [3.05, 3.63) is 11.6 Å². The second kappa shape index (κ2) is 3.78. The van der Waals surface area contributed by atoms with E-state index >= 15 is 0 Å². The highest BCUT2D eigenvalue weighted by molar-refractivity contribution is 5.04. The average Bonchev–Trinajstić information content (AvgIpc) is 2.61. The van der Waals surface area contributed by atoms with E-state index < -0.39 is 11.9 Å². The lowest BCUT2D eigenvalue weighted by Gasteiger charge is -2.17. The summed E-state index contributed by atoms with van der Waals surface area (Å²) >= 11 is 0. The van der Waals surface area contributed by atoms with Crippen LogP contribution < -0.4 is 0 Å². The van der Waals surface area contributed by atoms with Gasteiger partial charge in [-0.15, -0.1) is 0 Å². The number of epoxide rings is 1. The summed E-state index contributed by atoms with van der Waals surface area (Å²) in [6.07, 6.45) is 2.15. The second-order valence-electron chi connectivity index (χ2n) is 3.90. The minimum Gasteiger partial charge on any atom is -0.378 e. The Morgan fingerprint density at radius 3 is 2.54 bits per heavy atom. The van der Waals surface area contributed by atoms with Crippen molar-refractivity contribution in [3.8, 4) is 0 Å². The molecule has 3 heteroatoms. The summed E-state index contributed by atoms with van der Waals surface area (Å²) in [7, 11) is 1.64. The lowest BCUT2D eigenvalue weighted by atomic mass is 10.0. The first-order valence-corrected chi connectivity index (χ1v) is 4.52. The second-order valence-corrected chi connectivity index (χ2v) is 3.90. The summed E-state index contributed by atoms with van der Waals surface area (Å²) in [4.78, 5) is 0. The Labute approximate surface area is 79.3 Å². The molecule has 1 fully saturated rings. The molecule has 3 nitrogen and oxygen atoms in total. The molecule has 3 atom stereocenters. The van der Waals surface area contributed by atoms with E-state index in [2.05, 4.69) is 6.08 Å². The predicted molar refractivity (Wildman–Crippen MR) is 50.3 cm³/mol. The largest absolute Gasteiger partial charge is 0.378 e. The zero-order chi connectivity index (χ0) is 10.1. The zero-order valence-corrected chi connectivity index (χ0v) is 8.70. The number of aliphatic hydroxyl groups excluding tert-OH is 1. The summed E-state index contributed by atoms with van der Waals surface area (Å²) in [6, 6.07) is 0. The third-order valence-corrected chi connectivity index (χ3v) is 2.46. The van der Waals surface area contributed by atoms with Crippen molar-refractivity contribution in [2.75, 3.05) is 7.11 Å². The highest BCUT2D eigenvalue weighted by Crippen LogP contribution is 2.40. The molecule has 0 aromatic rings. The van der Waals surface area contributed by atoms with Crippen LogP contribution in [0, 0.1) is 0 Å². The normalized spacial score (nSPS) is 34.1. The van der Waals surface area contributed by atoms with Crippen molar-refractivity contribution in [1.29, 1.82) is 0 Å². The Balaban J connectivity index is 2.49. The van der Waals surface area contributed by atoms with E-state index in [4.69, 9.17) is 9.47 Å². The van der Waals surface area contributed by atoms with E-state index in [1.54, 1.807) is 7.11 Å². The molecule has 0 saturated carbocycles. The maximum atomic E-state index is 9.23. The van der Waals surface area contributed by atoms with Crippen LogP contribution in [0.4, 0.5) is 0 Å². The van der Waals surface area contributed by atoms with Gasteiger partial charge < -0.3 is 14.6 Å². The molecule has 0 spiro atoms. The van der Waals surface area contributed by atoms with E-state index in [1.165, 1.54) is 5.57 Å². The number of ether oxygens (including phenoxy) is 2. The number of hydrogen-bond donors (Lipinski definition) is 1. The number of allylic oxidation sites excluding steroid dienone is 1. The molecule has 1 aliphatic rings. The number of hydrogen-bond acceptors (Lipinski definition) is 3. The topological polar surface area (TPSA) is 42.0 Å². The molecule has 13 heavy (non-hydrogen) atoms. The minimum absolute atomic E-state index is 0.0580. The smallest absolute Gasteiger partial charge is 0.187 e. The van der Waals surface area contributed by atoms with E-state index in [0.29, 0.717) is 0 Å². The molecule has 1 heterocycles. The van der Waals surface area contributed by atoms with Crippen LogP contribution in [0.3, 0.4) is 0 Å². The van der Waals surface area contributed by atoms with Crippen molar-refractivity contribution in [2.45, 2.75) is 45.2 Å². The minimum atomic E-state index is -0.664. The SMILES string of the molecule is COC(CC=C(C)C)C1(C)OC1O. The lowest BCUT2D eigenvalue weighted by Crippen LogP contribution is -2.30. The fourth-order valence-electron chi connectivity index (χ4n) is 1.35. The standard InChI is InChI=1S/C10H18O3/c1-7(2)5-6-8(12-4)10(3)9(11)13-10/h5,8-9,11H,6H2,1-4H3. The maximum absolute atomic E-state index is 9.23. The Morgan fingerprint density at radius 2 is 2.23 bits per heavy atom. The molecule has 0 bridgehead atoms. The molecule has 76 valence electrons. The third kappa shape index (κ3) is 2.30. The van der Waals surface area contributed by atoms with Crippen LogP contribution in [0.15, 0.2) is 11.6 Å². The molecule has 0 aliphatic carbocycles. The molecular weight excluding hydrogens is 168 g/mol. The first-order chi connectivity index (χ1) is 6.00. The number of aliphatic hydroxyl groups is 1. The van der Waals surface area contributed by atoms with Crippen LogP contribution in [0.1, 0.15) is 27.2 Å². The fourth-order valence-corrected chi connectivity index (χ4v) is 1.35. The highest BCUT2D eigenvalue weighted by atomic mass is 16.7. The van der Waals surface area contributed by atoms with Gasteiger partial charge in [0.1, 0.15) is 5.60 Å². The van der Waals surface area contributed by atoms with Gasteiger partial charge in [0.25, 0.3) is 0 Å². The van der Waals surface area contributed by atoms with Crippen molar-refractivity contribution in [2.24, 2.45) is 0 Å². The van der Waals surface area contributed by atoms with Crippen LogP contribution in [-0.4, -0.2) is 30.2 Å². The molecule has 3 unspecified atom stereocenters. The maximum Gasteiger partial charge on any atom is 0.187 e. The molecule has 0 aromatic heterocycles. The Kier molecular flexibility index (Phi) is 3.11. The summed E-state index contributed by atoms with van der Waals surface area (Å²) in [5, 5.41) is 9.23. The predicted octanol–water partition coefficient (Wildman–Crippen LogP) is 1.46. The van der Waals surface area contributed by atoms with Gasteiger partial charge in [-0.1, -0.05) is 11.6 Å². The molecule has 0 radical (unpaired) electrons. The fraction of sp³-hybridized carbons (Fsp3) is 0.800. The molecular formula is C10H18O3. The van der Waals surface area contributed by atoms with Crippen LogP contribution in [-0.2, 0) is 9.47 Å². The van der Waals surface area contributed by atoms with E-state index in [0.717, 1.165) is 6.42 Å². The quantitative estimate of drug-likeness (QED) is 0.534. The Hall–Kier alpha value is -0.380. The van der Waals surface area contributed by atoms with Crippen LogP contribution in [0.2, 0.25) is 0 Å². The van der Waals surface area contributed by atoms with Crippen LogP contribution in [0.25, 0.3) is 0 Å². The molecule has 0 aromatic carbocycles. The van der Waals surface area contributed by atoms with Crippen molar-refractivity contribution < 1.29 is 14.6 Å². The van der Waals surface area contributed by atoms with E-state index in [-0.39, 0.29) is 6.10 Å². The summed E-state index contributed by atoms with van der Waals surface area (Å²) < 4.78 is 10.4. The summed E-state index contributed by atoms with van der Waals surface area (Å²) in [6.45, 7) is 5.95. The highest BCUT2D eigenvalue weighted by Gasteiger charge is 2.57. The number of methoxy groups -OCH3 is 1. The van der Waals surface area contributed by atoms with Crippen molar-refractivity contribution >= 4 is 0 Å². The molecule has 1 saturated heterocycles. The summed E-state index contributed by atoms with van der Waals surface area (Å²) in [5.41, 5.74) is 0.751. The van der Waals surface area contributed by atoms with Gasteiger partial charge in [-0.25, -0.2) is 0 Å². The van der Waals surface area contributed by atoms with Gasteiger partial charge in [-0.05, 0) is 27.2 Å². The van der Waals surface area contributed by atoms with Gasteiger partial charge in [0.2, 0.25) is 0 Å². The first kappa shape index (κ1) is 10.7. The monoisotopic (exact) mass is 186 g/mol. The number of rotatable bonds is 4. The van der Waals surface area contributed by atoms with Crippen molar-refractivity contribution in [3.63, 3.8) is 0 Å². The summed E-state index contributed by atoms with van der Waals surface area (Å²) in [5.74, 6) is 0. The molecule has 1 rings (SSSR count). The van der Waals surface area contributed by atoms with Gasteiger partial charge in [0, 0.05) is 7.11 Å². The van der Waals surface area contributed by atoms with E-state index in [1.807, 2.05) is 20.8 Å². The average molecular weight is 186 g/mol. The van der Waals surface area contributed by atoms with Crippen LogP contribution in [0.5, 0.6) is 0 Å². The van der Waals surface area contributed by atoms with Gasteiger partial charge in [0.05, 0.1) is 6.10 Å². The van der Waals surface area contributed by atoms with Gasteiger partial charge in [-0.2, -0.15) is 0 Å².